The van der Waals surface area contributed by atoms with E-state index in [-0.39, 0.29) is 24.1 Å². The first kappa shape index (κ1) is 19.8. The van der Waals surface area contributed by atoms with E-state index in [4.69, 9.17) is 0 Å². The quantitative estimate of drug-likeness (QED) is 0.452. The van der Waals surface area contributed by atoms with Crippen LogP contribution in [0.2, 0.25) is 0 Å². The van der Waals surface area contributed by atoms with Gasteiger partial charge in [-0.05, 0) is 31.4 Å². The number of hydrogen-bond acceptors (Lipinski definition) is 5. The van der Waals surface area contributed by atoms with Crippen molar-refractivity contribution < 1.29 is 9.59 Å². The van der Waals surface area contributed by atoms with Gasteiger partial charge in [-0.1, -0.05) is 37.2 Å². The van der Waals surface area contributed by atoms with Gasteiger partial charge in [0.15, 0.2) is 5.16 Å². The molecule has 1 aromatic carbocycles. The Morgan fingerprint density at radius 3 is 2.66 bits per heavy atom. The Morgan fingerprint density at radius 1 is 1.14 bits per heavy atom. The van der Waals surface area contributed by atoms with Crippen LogP contribution in [0.4, 0.5) is 0 Å². The first-order valence-corrected chi connectivity index (χ1v) is 11.2. The van der Waals surface area contributed by atoms with E-state index in [2.05, 4.69) is 22.4 Å². The number of likely N-dealkylation sites (tertiary alicyclic amines) is 1. The summed E-state index contributed by atoms with van der Waals surface area (Å²) in [4.78, 5) is 26.7. The number of benzene rings is 1. The first-order valence-electron chi connectivity index (χ1n) is 10.2. The van der Waals surface area contributed by atoms with Gasteiger partial charge in [-0.25, -0.2) is 0 Å². The van der Waals surface area contributed by atoms with Crippen LogP contribution in [0.25, 0.3) is 16.8 Å². The van der Waals surface area contributed by atoms with E-state index < -0.39 is 0 Å². The average Bonchev–Trinajstić information content (AvgIpc) is 3.45. The van der Waals surface area contributed by atoms with E-state index in [0.29, 0.717) is 17.5 Å². The van der Waals surface area contributed by atoms with Crippen molar-refractivity contribution in [2.45, 2.75) is 44.3 Å². The molecule has 1 aliphatic rings. The molecule has 0 aliphatic carbocycles. The van der Waals surface area contributed by atoms with Gasteiger partial charge >= 0.3 is 0 Å². The minimum Gasteiger partial charge on any atom is -0.355 e. The Morgan fingerprint density at radius 2 is 1.90 bits per heavy atom. The summed E-state index contributed by atoms with van der Waals surface area (Å²) >= 11 is 1.36. The average molecular weight is 415 g/mol. The summed E-state index contributed by atoms with van der Waals surface area (Å²) in [7, 11) is 0. The smallest absolute Gasteiger partial charge is 0.242 e. The van der Waals surface area contributed by atoms with Crippen molar-refractivity contribution in [3.63, 3.8) is 0 Å². The van der Waals surface area contributed by atoms with E-state index in [1.807, 2.05) is 38.1 Å². The van der Waals surface area contributed by atoms with E-state index in [0.717, 1.165) is 49.8 Å². The Labute approximate surface area is 173 Å². The fourth-order valence-corrected chi connectivity index (χ4v) is 4.44. The van der Waals surface area contributed by atoms with Gasteiger partial charge in [-0.3, -0.25) is 18.6 Å². The van der Waals surface area contributed by atoms with E-state index in [1.54, 1.807) is 0 Å². The molecule has 8 nitrogen and oxygen atoms in total. The van der Waals surface area contributed by atoms with Crippen LogP contribution in [-0.4, -0.2) is 61.3 Å². The maximum Gasteiger partial charge on any atom is 0.242 e. The fraction of sp³-hybridized carbons (Fsp3) is 0.500. The molecule has 0 atom stereocenters. The number of carbonyl (C=O) groups is 2. The number of unbranched alkanes of at least 4 members (excludes halogenated alkanes) is 1. The molecule has 1 N–H and O–H groups in total. The Balaban J connectivity index is 1.58. The molecule has 0 bridgehead atoms. The molecule has 0 saturated carbocycles. The number of amides is 2. The lowest BCUT2D eigenvalue weighted by molar-refractivity contribution is -0.130. The first-order chi connectivity index (χ1) is 14.2. The number of nitrogens with one attached hydrogen (secondary N) is 1. The van der Waals surface area contributed by atoms with Crippen molar-refractivity contribution in [1.29, 1.82) is 0 Å². The van der Waals surface area contributed by atoms with Gasteiger partial charge in [0.1, 0.15) is 6.54 Å². The van der Waals surface area contributed by atoms with Gasteiger partial charge in [0.25, 0.3) is 0 Å². The number of aromatic nitrogens is 4. The van der Waals surface area contributed by atoms with Gasteiger partial charge < -0.3 is 10.2 Å². The van der Waals surface area contributed by atoms with Gasteiger partial charge in [0, 0.05) is 19.6 Å². The normalized spacial score (nSPS) is 14.2. The van der Waals surface area contributed by atoms with Gasteiger partial charge in [-0.2, -0.15) is 0 Å². The molecule has 1 fully saturated rings. The molecule has 3 aromatic rings. The summed E-state index contributed by atoms with van der Waals surface area (Å²) in [6.45, 7) is 4.70. The number of nitrogens with zero attached hydrogens (tertiary/aromatic N) is 5. The number of para-hydroxylation sites is 2. The highest BCUT2D eigenvalue weighted by Crippen LogP contribution is 2.26. The van der Waals surface area contributed by atoms with Crippen molar-refractivity contribution >= 4 is 40.4 Å². The second kappa shape index (κ2) is 8.86. The molecule has 3 heterocycles. The largest absolute Gasteiger partial charge is 0.355 e. The second-order valence-corrected chi connectivity index (χ2v) is 8.22. The number of rotatable bonds is 8. The highest BCUT2D eigenvalue weighted by atomic mass is 32.2. The number of fused-ring (bicyclic) bond motifs is 3. The molecule has 1 saturated heterocycles. The van der Waals surface area contributed by atoms with Crippen molar-refractivity contribution in [1.82, 2.24) is 29.4 Å². The summed E-state index contributed by atoms with van der Waals surface area (Å²) < 4.78 is 3.87. The lowest BCUT2D eigenvalue weighted by Gasteiger charge is -2.15. The zero-order valence-corrected chi connectivity index (χ0v) is 17.5. The van der Waals surface area contributed by atoms with Crippen molar-refractivity contribution in [3.05, 3.63) is 24.3 Å². The molecule has 9 heteroatoms. The summed E-state index contributed by atoms with van der Waals surface area (Å²) in [6, 6.07) is 7.90. The minimum atomic E-state index is -0.00634. The molecule has 0 unspecified atom stereocenters. The monoisotopic (exact) mass is 414 g/mol. The highest BCUT2D eigenvalue weighted by molar-refractivity contribution is 7.99. The molecular formula is C20H26N6O2S. The van der Waals surface area contributed by atoms with Crippen LogP contribution < -0.4 is 5.32 Å². The topological polar surface area (TPSA) is 84.5 Å². The van der Waals surface area contributed by atoms with E-state index >= 15 is 0 Å². The summed E-state index contributed by atoms with van der Waals surface area (Å²) in [6.07, 6.45) is 4.16. The third-order valence-electron chi connectivity index (χ3n) is 5.21. The molecule has 0 spiro atoms. The molecule has 2 amide bonds. The van der Waals surface area contributed by atoms with Gasteiger partial charge in [0.2, 0.25) is 17.6 Å². The molecule has 29 heavy (non-hydrogen) atoms. The lowest BCUT2D eigenvalue weighted by atomic mass is 10.3. The third-order valence-corrected chi connectivity index (χ3v) is 6.14. The summed E-state index contributed by atoms with van der Waals surface area (Å²) in [5, 5.41) is 12.2. The van der Waals surface area contributed by atoms with Gasteiger partial charge in [-0.15, -0.1) is 10.2 Å². The molecule has 1 aliphatic heterocycles. The molecular weight excluding hydrogens is 388 g/mol. The predicted molar refractivity (Wildman–Crippen MR) is 113 cm³/mol. The van der Waals surface area contributed by atoms with E-state index in [9.17, 15) is 9.59 Å². The lowest BCUT2D eigenvalue weighted by Crippen LogP contribution is -2.31. The second-order valence-electron chi connectivity index (χ2n) is 7.27. The zero-order valence-electron chi connectivity index (χ0n) is 16.6. The molecule has 154 valence electrons. The van der Waals surface area contributed by atoms with E-state index in [1.165, 1.54) is 11.8 Å². The summed E-state index contributed by atoms with van der Waals surface area (Å²) in [5.41, 5.74) is 1.88. The van der Waals surface area contributed by atoms with Crippen molar-refractivity contribution in [3.8, 4) is 0 Å². The zero-order chi connectivity index (χ0) is 20.2. The maximum atomic E-state index is 12.7. The number of imidazole rings is 1. The SMILES string of the molecule is CCCCNC(=O)CSc1nnc2n(CC(=O)N3CCCC3)c3ccccc3n12. The standard InChI is InChI=1S/C20H26N6O2S/c1-2-3-10-21-17(27)14-29-20-23-22-19-25(13-18(28)24-11-6-7-12-24)15-8-4-5-9-16(15)26(19)20/h4-5,8-9H,2-3,6-7,10-14H2,1H3,(H,21,27). The van der Waals surface area contributed by atoms with Crippen LogP contribution in [0.5, 0.6) is 0 Å². The van der Waals surface area contributed by atoms with Gasteiger partial charge in [0.05, 0.1) is 16.8 Å². The Kier molecular flexibility index (Phi) is 6.03. The van der Waals surface area contributed by atoms with Crippen LogP contribution in [-0.2, 0) is 16.1 Å². The minimum absolute atomic E-state index is 0.00634. The van der Waals surface area contributed by atoms with Crippen LogP contribution in [0.1, 0.15) is 32.6 Å². The van der Waals surface area contributed by atoms with Crippen LogP contribution >= 0.6 is 11.8 Å². The number of thioether (sulfide) groups is 1. The predicted octanol–water partition coefficient (Wildman–Crippen LogP) is 2.31. The maximum absolute atomic E-state index is 12.7. The van der Waals surface area contributed by atoms with Crippen LogP contribution in [0, 0.1) is 0 Å². The van der Waals surface area contributed by atoms with Crippen molar-refractivity contribution in [2.24, 2.45) is 0 Å². The highest BCUT2D eigenvalue weighted by Gasteiger charge is 2.23. The molecule has 2 aromatic heterocycles. The Hall–Kier alpha value is -2.55. The Bertz CT molecular complexity index is 1020. The molecule has 4 rings (SSSR count). The third kappa shape index (κ3) is 4.10. The molecule has 0 radical (unpaired) electrons. The number of hydrogen-bond donors (Lipinski definition) is 1. The summed E-state index contributed by atoms with van der Waals surface area (Å²) in [5.74, 6) is 1.02. The van der Waals surface area contributed by atoms with Crippen molar-refractivity contribution in [2.75, 3.05) is 25.4 Å². The van der Waals surface area contributed by atoms with Crippen LogP contribution in [0.15, 0.2) is 29.4 Å². The van der Waals surface area contributed by atoms with Crippen LogP contribution in [0.3, 0.4) is 0 Å². The fourth-order valence-electron chi connectivity index (χ4n) is 3.67. The number of carbonyl (C=O) groups excluding carboxylic acids is 2.